The molecular formula is C25H24N2OS. The second kappa shape index (κ2) is 8.10. The molecule has 1 amide bonds. The average Bonchev–Trinajstić information content (AvgIpc) is 3.33. The van der Waals surface area contributed by atoms with Gasteiger partial charge in [0.15, 0.2) is 0 Å². The Labute approximate surface area is 175 Å². The molecule has 0 saturated carbocycles. The molecule has 0 radical (unpaired) electrons. The summed E-state index contributed by atoms with van der Waals surface area (Å²) in [6.07, 6.45) is 0.943. The van der Waals surface area contributed by atoms with Gasteiger partial charge in [0, 0.05) is 28.4 Å². The van der Waals surface area contributed by atoms with Crippen molar-refractivity contribution in [3.63, 3.8) is 0 Å². The van der Waals surface area contributed by atoms with E-state index in [2.05, 4.69) is 65.4 Å². The Kier molecular flexibility index (Phi) is 5.36. The van der Waals surface area contributed by atoms with Crippen molar-refractivity contribution in [1.82, 2.24) is 4.57 Å². The minimum Gasteiger partial charge on any atom is -0.366 e. The standard InChI is InChI=1S/C25H24N2OS/c1-17-23(21-12-10-20(11-13-21)19-7-4-3-5-8-19)24(25(26)28)18(2)27(17)15-14-22-9-6-16-29-22/h3-13,16H,14-15H2,1-2H3,(H2,26,28). The predicted octanol–water partition coefficient (Wildman–Crippen LogP) is 5.84. The van der Waals surface area contributed by atoms with Gasteiger partial charge in [0.05, 0.1) is 5.56 Å². The number of nitrogens with zero attached hydrogens (tertiary/aromatic N) is 1. The third-order valence-electron chi connectivity index (χ3n) is 5.47. The van der Waals surface area contributed by atoms with Crippen molar-refractivity contribution >= 4 is 17.2 Å². The zero-order chi connectivity index (χ0) is 20.4. The number of nitrogens with two attached hydrogens (primary N) is 1. The van der Waals surface area contributed by atoms with Gasteiger partial charge in [0.2, 0.25) is 0 Å². The van der Waals surface area contributed by atoms with Crippen molar-refractivity contribution in [2.24, 2.45) is 5.73 Å². The SMILES string of the molecule is Cc1c(C(N)=O)c(-c2ccc(-c3ccccc3)cc2)c(C)n1CCc1cccs1. The summed E-state index contributed by atoms with van der Waals surface area (Å²) in [5.74, 6) is -0.373. The molecule has 4 rings (SSSR count). The fourth-order valence-electron chi connectivity index (χ4n) is 4.01. The number of primary amides is 1. The zero-order valence-corrected chi connectivity index (χ0v) is 17.5. The van der Waals surface area contributed by atoms with E-state index in [9.17, 15) is 4.79 Å². The Balaban J connectivity index is 1.72. The first-order valence-corrected chi connectivity index (χ1v) is 10.6. The fourth-order valence-corrected chi connectivity index (χ4v) is 4.71. The molecule has 0 bridgehead atoms. The van der Waals surface area contributed by atoms with E-state index in [0.29, 0.717) is 5.56 Å². The molecule has 0 aliphatic heterocycles. The summed E-state index contributed by atoms with van der Waals surface area (Å²) in [6.45, 7) is 4.90. The number of rotatable bonds is 6. The van der Waals surface area contributed by atoms with Crippen molar-refractivity contribution in [3.05, 3.63) is 93.9 Å². The number of thiophene rings is 1. The molecule has 0 atom stereocenters. The predicted molar refractivity (Wildman–Crippen MR) is 121 cm³/mol. The highest BCUT2D eigenvalue weighted by molar-refractivity contribution is 7.09. The lowest BCUT2D eigenvalue weighted by molar-refractivity contribution is 0.1000. The zero-order valence-electron chi connectivity index (χ0n) is 16.7. The van der Waals surface area contributed by atoms with Crippen molar-refractivity contribution in [1.29, 1.82) is 0 Å². The van der Waals surface area contributed by atoms with E-state index >= 15 is 0 Å². The molecule has 3 nitrogen and oxygen atoms in total. The first-order chi connectivity index (χ1) is 14.1. The van der Waals surface area contributed by atoms with E-state index < -0.39 is 0 Å². The lowest BCUT2D eigenvalue weighted by atomic mass is 9.97. The quantitative estimate of drug-likeness (QED) is 0.434. The van der Waals surface area contributed by atoms with Crippen LogP contribution in [0.4, 0.5) is 0 Å². The molecular weight excluding hydrogens is 376 g/mol. The highest BCUT2D eigenvalue weighted by atomic mass is 32.1. The Morgan fingerprint density at radius 1 is 0.862 bits per heavy atom. The topological polar surface area (TPSA) is 48.0 Å². The van der Waals surface area contributed by atoms with Crippen LogP contribution in [0.1, 0.15) is 26.6 Å². The largest absolute Gasteiger partial charge is 0.366 e. The van der Waals surface area contributed by atoms with E-state index in [1.54, 1.807) is 11.3 Å². The second-order valence-corrected chi connectivity index (χ2v) is 8.24. The van der Waals surface area contributed by atoms with Crippen molar-refractivity contribution < 1.29 is 4.79 Å². The smallest absolute Gasteiger partial charge is 0.251 e. The third kappa shape index (κ3) is 3.76. The monoisotopic (exact) mass is 400 g/mol. The number of benzene rings is 2. The number of hydrogen-bond donors (Lipinski definition) is 1. The Hall–Kier alpha value is -3.11. The first kappa shape index (κ1) is 19.2. The number of aryl methyl sites for hydroxylation is 1. The molecule has 146 valence electrons. The van der Waals surface area contributed by atoms with Crippen LogP contribution in [0, 0.1) is 13.8 Å². The van der Waals surface area contributed by atoms with Gasteiger partial charge in [-0.1, -0.05) is 60.7 Å². The van der Waals surface area contributed by atoms with Gasteiger partial charge in [-0.15, -0.1) is 11.3 Å². The van der Waals surface area contributed by atoms with Crippen LogP contribution in [-0.4, -0.2) is 10.5 Å². The molecule has 0 saturated heterocycles. The Morgan fingerprint density at radius 3 is 2.14 bits per heavy atom. The summed E-state index contributed by atoms with van der Waals surface area (Å²) >= 11 is 1.76. The summed E-state index contributed by atoms with van der Waals surface area (Å²) in [6, 6.07) is 22.9. The van der Waals surface area contributed by atoms with Gasteiger partial charge in [0.1, 0.15) is 0 Å². The maximum absolute atomic E-state index is 12.3. The number of hydrogen-bond acceptors (Lipinski definition) is 2. The molecule has 0 spiro atoms. The number of carbonyl (C=O) groups is 1. The van der Waals surface area contributed by atoms with E-state index in [0.717, 1.165) is 41.0 Å². The molecule has 0 aliphatic carbocycles. The first-order valence-electron chi connectivity index (χ1n) is 9.74. The van der Waals surface area contributed by atoms with Gasteiger partial charge in [-0.2, -0.15) is 0 Å². The summed E-state index contributed by atoms with van der Waals surface area (Å²) in [5, 5.41) is 2.10. The van der Waals surface area contributed by atoms with Crippen molar-refractivity contribution in [2.45, 2.75) is 26.8 Å². The maximum Gasteiger partial charge on any atom is 0.251 e. The molecule has 2 N–H and O–H groups in total. The van der Waals surface area contributed by atoms with Crippen LogP contribution in [-0.2, 0) is 13.0 Å². The molecule has 2 aromatic heterocycles. The van der Waals surface area contributed by atoms with Crippen molar-refractivity contribution in [3.8, 4) is 22.3 Å². The molecule has 29 heavy (non-hydrogen) atoms. The Morgan fingerprint density at radius 2 is 1.52 bits per heavy atom. The minimum absolute atomic E-state index is 0.373. The third-order valence-corrected chi connectivity index (χ3v) is 6.41. The van der Waals surface area contributed by atoms with Crippen LogP contribution < -0.4 is 5.73 Å². The van der Waals surface area contributed by atoms with Crippen LogP contribution in [0.5, 0.6) is 0 Å². The molecule has 2 aromatic carbocycles. The minimum atomic E-state index is -0.373. The van der Waals surface area contributed by atoms with Crippen LogP contribution in [0.3, 0.4) is 0 Å². The summed E-state index contributed by atoms with van der Waals surface area (Å²) in [7, 11) is 0. The van der Waals surface area contributed by atoms with Gasteiger partial charge in [-0.25, -0.2) is 0 Å². The van der Waals surface area contributed by atoms with E-state index in [1.807, 2.05) is 25.1 Å². The van der Waals surface area contributed by atoms with Crippen LogP contribution in [0.15, 0.2) is 72.1 Å². The molecule has 4 aromatic rings. The molecule has 0 aliphatic rings. The van der Waals surface area contributed by atoms with Gasteiger partial charge >= 0.3 is 0 Å². The number of carbonyl (C=O) groups excluding carboxylic acids is 1. The lowest BCUT2D eigenvalue weighted by Crippen LogP contribution is -2.13. The van der Waals surface area contributed by atoms with E-state index in [-0.39, 0.29) is 5.91 Å². The van der Waals surface area contributed by atoms with E-state index in [1.165, 1.54) is 10.4 Å². The normalized spacial score (nSPS) is 11.0. The molecule has 0 fully saturated rings. The highest BCUT2D eigenvalue weighted by Crippen LogP contribution is 2.34. The van der Waals surface area contributed by atoms with Crippen LogP contribution in [0.25, 0.3) is 22.3 Å². The maximum atomic E-state index is 12.3. The number of amides is 1. The Bertz CT molecular complexity index is 1120. The van der Waals surface area contributed by atoms with Gasteiger partial charge < -0.3 is 10.3 Å². The van der Waals surface area contributed by atoms with E-state index in [4.69, 9.17) is 5.73 Å². The number of aromatic nitrogens is 1. The summed E-state index contributed by atoms with van der Waals surface area (Å²) in [5.41, 5.74) is 12.7. The highest BCUT2D eigenvalue weighted by Gasteiger charge is 2.22. The summed E-state index contributed by atoms with van der Waals surface area (Å²) in [4.78, 5) is 13.7. The molecule has 0 unspecified atom stereocenters. The summed E-state index contributed by atoms with van der Waals surface area (Å²) < 4.78 is 2.22. The van der Waals surface area contributed by atoms with Gasteiger partial charge in [-0.05, 0) is 48.4 Å². The molecule has 4 heteroatoms. The fraction of sp³-hybridized carbons (Fsp3) is 0.160. The van der Waals surface area contributed by atoms with Crippen LogP contribution >= 0.6 is 11.3 Å². The average molecular weight is 401 g/mol. The second-order valence-electron chi connectivity index (χ2n) is 7.21. The van der Waals surface area contributed by atoms with Crippen molar-refractivity contribution in [2.75, 3.05) is 0 Å². The van der Waals surface area contributed by atoms with Crippen LogP contribution in [0.2, 0.25) is 0 Å². The van der Waals surface area contributed by atoms with Gasteiger partial charge in [0.25, 0.3) is 5.91 Å². The lowest BCUT2D eigenvalue weighted by Gasteiger charge is -2.09. The van der Waals surface area contributed by atoms with Gasteiger partial charge in [-0.3, -0.25) is 4.79 Å². The molecule has 2 heterocycles.